The second-order valence-electron chi connectivity index (χ2n) is 5.85. The molecule has 0 amide bonds. The number of carbonyl (C=O) groups is 1. The number of anilines is 2. The summed E-state index contributed by atoms with van der Waals surface area (Å²) in [7, 11) is 3.96. The lowest BCUT2D eigenvalue weighted by atomic mass is 10.1. The van der Waals surface area contributed by atoms with Gasteiger partial charge in [0.1, 0.15) is 0 Å². The van der Waals surface area contributed by atoms with Gasteiger partial charge >= 0.3 is 5.97 Å². The zero-order valence-electron chi connectivity index (χ0n) is 13.1. The van der Waals surface area contributed by atoms with Gasteiger partial charge in [-0.15, -0.1) is 0 Å². The Bertz CT molecular complexity index is 504. The first-order valence-electron chi connectivity index (χ1n) is 6.94. The predicted molar refractivity (Wildman–Crippen MR) is 88.4 cm³/mol. The van der Waals surface area contributed by atoms with E-state index < -0.39 is 5.97 Å². The maximum atomic E-state index is 11.5. The van der Waals surface area contributed by atoms with Gasteiger partial charge in [0.2, 0.25) is 0 Å². The van der Waals surface area contributed by atoms with Crippen LogP contribution in [0.2, 0.25) is 5.02 Å². The van der Waals surface area contributed by atoms with Crippen molar-refractivity contribution in [3.8, 4) is 0 Å². The fraction of sp³-hybridized carbons (Fsp3) is 0.533. The van der Waals surface area contributed by atoms with E-state index in [9.17, 15) is 9.90 Å². The summed E-state index contributed by atoms with van der Waals surface area (Å²) < 4.78 is 0. The van der Waals surface area contributed by atoms with Gasteiger partial charge in [-0.25, -0.2) is 4.79 Å². The SMILES string of the molecule is CC(C)CN(CCN(C)C)c1c(Cl)cc(N)cc1C(=O)O. The van der Waals surface area contributed by atoms with E-state index >= 15 is 0 Å². The summed E-state index contributed by atoms with van der Waals surface area (Å²) in [6, 6.07) is 3.07. The van der Waals surface area contributed by atoms with Gasteiger partial charge in [0.05, 0.1) is 16.3 Å². The van der Waals surface area contributed by atoms with Crippen LogP contribution in [0.3, 0.4) is 0 Å². The van der Waals surface area contributed by atoms with Crippen LogP contribution in [-0.2, 0) is 0 Å². The summed E-state index contributed by atoms with van der Waals surface area (Å²) >= 11 is 6.27. The molecule has 0 aliphatic carbocycles. The van der Waals surface area contributed by atoms with Gasteiger partial charge in [-0.1, -0.05) is 25.4 Å². The van der Waals surface area contributed by atoms with E-state index in [4.69, 9.17) is 17.3 Å². The lowest BCUT2D eigenvalue weighted by Crippen LogP contribution is -2.35. The fourth-order valence-corrected chi connectivity index (χ4v) is 2.51. The van der Waals surface area contributed by atoms with Crippen LogP contribution in [0, 0.1) is 5.92 Å². The molecule has 1 aromatic rings. The van der Waals surface area contributed by atoms with E-state index in [0.29, 0.717) is 28.9 Å². The maximum absolute atomic E-state index is 11.5. The largest absolute Gasteiger partial charge is 0.478 e. The average molecular weight is 314 g/mol. The molecule has 0 saturated heterocycles. The Labute approximate surface area is 131 Å². The van der Waals surface area contributed by atoms with Crippen molar-refractivity contribution in [1.29, 1.82) is 0 Å². The van der Waals surface area contributed by atoms with Crippen LogP contribution in [0.5, 0.6) is 0 Å². The van der Waals surface area contributed by atoms with Crippen LogP contribution in [0.15, 0.2) is 12.1 Å². The maximum Gasteiger partial charge on any atom is 0.337 e. The van der Waals surface area contributed by atoms with E-state index in [0.717, 1.165) is 13.1 Å². The van der Waals surface area contributed by atoms with Crippen molar-refractivity contribution >= 4 is 28.9 Å². The van der Waals surface area contributed by atoms with Crippen molar-refractivity contribution < 1.29 is 9.90 Å². The molecule has 1 rings (SSSR count). The third kappa shape index (κ3) is 5.10. The van der Waals surface area contributed by atoms with Crippen molar-refractivity contribution in [3.05, 3.63) is 22.7 Å². The quantitative estimate of drug-likeness (QED) is 0.757. The molecule has 0 bridgehead atoms. The van der Waals surface area contributed by atoms with Gasteiger partial charge in [0.15, 0.2) is 0 Å². The number of hydrogen-bond acceptors (Lipinski definition) is 4. The fourth-order valence-electron chi connectivity index (χ4n) is 2.16. The molecule has 0 radical (unpaired) electrons. The number of benzene rings is 1. The molecule has 3 N–H and O–H groups in total. The lowest BCUT2D eigenvalue weighted by molar-refractivity contribution is 0.0697. The number of carboxylic acids is 1. The van der Waals surface area contributed by atoms with Gasteiger partial charge in [-0.3, -0.25) is 0 Å². The summed E-state index contributed by atoms with van der Waals surface area (Å²) in [5.41, 5.74) is 6.78. The number of halogens is 1. The molecule has 0 aromatic heterocycles. The summed E-state index contributed by atoms with van der Waals surface area (Å²) in [5.74, 6) is -0.625. The Balaban J connectivity index is 3.24. The van der Waals surface area contributed by atoms with Crippen LogP contribution < -0.4 is 10.6 Å². The average Bonchev–Trinajstić information content (AvgIpc) is 2.33. The predicted octanol–water partition coefficient (Wildman–Crippen LogP) is 2.64. The zero-order chi connectivity index (χ0) is 16.2. The minimum absolute atomic E-state index is 0.152. The number of hydrogen-bond donors (Lipinski definition) is 2. The molecular weight excluding hydrogens is 290 g/mol. The van der Waals surface area contributed by atoms with Crippen LogP contribution >= 0.6 is 11.6 Å². The van der Waals surface area contributed by atoms with Gasteiger partial charge in [-0.2, -0.15) is 0 Å². The third-order valence-electron chi connectivity index (χ3n) is 3.04. The highest BCUT2D eigenvalue weighted by molar-refractivity contribution is 6.34. The van der Waals surface area contributed by atoms with Crippen molar-refractivity contribution in [2.75, 3.05) is 44.4 Å². The van der Waals surface area contributed by atoms with Crippen molar-refractivity contribution in [1.82, 2.24) is 4.90 Å². The Morgan fingerprint density at radius 1 is 1.33 bits per heavy atom. The number of carboxylic acid groups (broad SMARTS) is 1. The molecule has 0 saturated carbocycles. The number of aromatic carboxylic acids is 1. The van der Waals surface area contributed by atoms with E-state index in [-0.39, 0.29) is 5.56 Å². The van der Waals surface area contributed by atoms with Gasteiger partial charge in [-0.05, 0) is 32.1 Å². The Kier molecular flexibility index (Phi) is 6.30. The van der Waals surface area contributed by atoms with E-state index in [1.54, 1.807) is 6.07 Å². The first-order chi connectivity index (χ1) is 9.72. The molecule has 0 unspecified atom stereocenters. The number of likely N-dealkylation sites (N-methyl/N-ethyl adjacent to an activating group) is 1. The standard InChI is InChI=1S/C15H24ClN3O2/c1-10(2)9-19(6-5-18(3)4)14-12(15(20)21)7-11(17)8-13(14)16/h7-8,10H,5-6,9,17H2,1-4H3,(H,20,21). The molecular formula is C15H24ClN3O2. The van der Waals surface area contributed by atoms with Crippen LogP contribution in [-0.4, -0.2) is 49.7 Å². The Morgan fingerprint density at radius 2 is 1.95 bits per heavy atom. The molecule has 118 valence electrons. The first-order valence-corrected chi connectivity index (χ1v) is 7.32. The molecule has 0 spiro atoms. The highest BCUT2D eigenvalue weighted by Crippen LogP contribution is 2.33. The molecule has 0 atom stereocenters. The second kappa shape index (κ2) is 7.52. The molecule has 1 aromatic carbocycles. The van der Waals surface area contributed by atoms with Crippen LogP contribution in [0.4, 0.5) is 11.4 Å². The van der Waals surface area contributed by atoms with Crippen molar-refractivity contribution in [3.63, 3.8) is 0 Å². The summed E-state index contributed by atoms with van der Waals surface area (Å²) in [6.07, 6.45) is 0. The highest BCUT2D eigenvalue weighted by atomic mass is 35.5. The summed E-state index contributed by atoms with van der Waals surface area (Å²) in [4.78, 5) is 15.6. The molecule has 0 aliphatic rings. The van der Waals surface area contributed by atoms with Crippen molar-refractivity contribution in [2.45, 2.75) is 13.8 Å². The van der Waals surface area contributed by atoms with Crippen molar-refractivity contribution in [2.24, 2.45) is 5.92 Å². The third-order valence-corrected chi connectivity index (χ3v) is 3.32. The molecule has 5 nitrogen and oxygen atoms in total. The van der Waals surface area contributed by atoms with Gasteiger partial charge in [0, 0.05) is 25.3 Å². The smallest absolute Gasteiger partial charge is 0.337 e. The lowest BCUT2D eigenvalue weighted by Gasteiger charge is -2.30. The number of nitrogens with zero attached hydrogens (tertiary/aromatic N) is 2. The summed E-state index contributed by atoms with van der Waals surface area (Å²) in [6.45, 7) is 6.43. The molecule has 0 fully saturated rings. The van der Waals surface area contributed by atoms with Crippen LogP contribution in [0.25, 0.3) is 0 Å². The minimum atomic E-state index is -1.02. The van der Waals surface area contributed by atoms with Crippen LogP contribution in [0.1, 0.15) is 24.2 Å². The molecule has 6 heteroatoms. The Morgan fingerprint density at radius 3 is 2.43 bits per heavy atom. The second-order valence-corrected chi connectivity index (χ2v) is 6.25. The normalized spacial score (nSPS) is 11.2. The number of nitrogen functional groups attached to an aromatic ring is 1. The number of nitrogens with two attached hydrogens (primary N) is 1. The van der Waals surface area contributed by atoms with Gasteiger partial charge in [0.25, 0.3) is 0 Å². The van der Waals surface area contributed by atoms with E-state index in [2.05, 4.69) is 18.7 Å². The summed E-state index contributed by atoms with van der Waals surface area (Å²) in [5, 5.41) is 9.80. The topological polar surface area (TPSA) is 69.8 Å². The Hall–Kier alpha value is -1.46. The molecule has 21 heavy (non-hydrogen) atoms. The van der Waals surface area contributed by atoms with Gasteiger partial charge < -0.3 is 20.6 Å². The highest BCUT2D eigenvalue weighted by Gasteiger charge is 2.21. The molecule has 0 heterocycles. The monoisotopic (exact) mass is 313 g/mol. The number of rotatable bonds is 7. The first kappa shape index (κ1) is 17.6. The van der Waals surface area contributed by atoms with E-state index in [1.165, 1.54) is 6.07 Å². The van der Waals surface area contributed by atoms with E-state index in [1.807, 2.05) is 19.0 Å². The minimum Gasteiger partial charge on any atom is -0.478 e. The zero-order valence-corrected chi connectivity index (χ0v) is 13.8. The molecule has 0 aliphatic heterocycles.